The molecule has 2 heterocycles. The zero-order valence-corrected chi connectivity index (χ0v) is 11.2. The lowest BCUT2D eigenvalue weighted by Gasteiger charge is -2.05. The summed E-state index contributed by atoms with van der Waals surface area (Å²) in [5.74, 6) is -0.249. The van der Waals surface area contributed by atoms with Gasteiger partial charge in [0.25, 0.3) is 5.91 Å². The fraction of sp³-hybridized carbons (Fsp3) is 0.100. The summed E-state index contributed by atoms with van der Waals surface area (Å²) in [5, 5.41) is 6.97. The van der Waals surface area contributed by atoms with E-state index in [0.29, 0.717) is 21.0 Å². The summed E-state index contributed by atoms with van der Waals surface area (Å²) >= 11 is 8.99. The first-order valence-electron chi connectivity index (χ1n) is 4.68. The molecule has 0 unspecified atom stereocenters. The van der Waals surface area contributed by atoms with Crippen molar-refractivity contribution in [1.29, 1.82) is 0 Å². The third-order valence-electron chi connectivity index (χ3n) is 2.11. The van der Waals surface area contributed by atoms with E-state index in [-0.39, 0.29) is 5.91 Å². The monoisotopic (exact) mass is 314 g/mol. The van der Waals surface area contributed by atoms with Gasteiger partial charge in [-0.3, -0.25) is 9.48 Å². The Balaban J connectivity index is 2.19. The first-order chi connectivity index (χ1) is 8.08. The summed E-state index contributed by atoms with van der Waals surface area (Å²) < 4.78 is 2.12. The highest BCUT2D eigenvalue weighted by atomic mass is 79.9. The maximum atomic E-state index is 11.8. The predicted octanol–water partition coefficient (Wildman–Crippen LogP) is 2.48. The molecule has 1 amide bonds. The number of aryl methyl sites for hydroxylation is 1. The minimum atomic E-state index is -0.249. The number of pyridine rings is 1. The maximum absolute atomic E-state index is 11.8. The van der Waals surface area contributed by atoms with Crippen molar-refractivity contribution in [2.75, 3.05) is 5.32 Å². The van der Waals surface area contributed by atoms with Gasteiger partial charge < -0.3 is 5.32 Å². The van der Waals surface area contributed by atoms with Gasteiger partial charge in [0.1, 0.15) is 10.8 Å². The second kappa shape index (κ2) is 4.85. The molecule has 0 aliphatic heterocycles. The summed E-state index contributed by atoms with van der Waals surface area (Å²) in [4.78, 5) is 15.8. The lowest BCUT2D eigenvalue weighted by Crippen LogP contribution is -2.16. The zero-order chi connectivity index (χ0) is 12.4. The molecule has 5 nitrogen and oxygen atoms in total. The molecule has 0 atom stereocenters. The number of carbonyl (C=O) groups is 1. The van der Waals surface area contributed by atoms with Gasteiger partial charge in [0.05, 0.1) is 16.4 Å². The molecule has 0 spiro atoms. The number of hydrogen-bond donors (Lipinski definition) is 1. The molecule has 0 aliphatic carbocycles. The zero-order valence-electron chi connectivity index (χ0n) is 8.82. The molecular weight excluding hydrogens is 307 g/mol. The van der Waals surface area contributed by atoms with E-state index in [1.165, 1.54) is 10.9 Å². The van der Waals surface area contributed by atoms with Crippen molar-refractivity contribution in [3.63, 3.8) is 0 Å². The normalized spacial score (nSPS) is 10.3. The number of nitrogens with one attached hydrogen (secondary N) is 1. The third kappa shape index (κ3) is 2.65. The van der Waals surface area contributed by atoms with Crippen molar-refractivity contribution in [1.82, 2.24) is 14.8 Å². The first kappa shape index (κ1) is 12.1. The van der Waals surface area contributed by atoms with Gasteiger partial charge in [0, 0.05) is 13.2 Å². The number of halogens is 2. The van der Waals surface area contributed by atoms with E-state index < -0.39 is 0 Å². The minimum absolute atomic E-state index is 0.249. The van der Waals surface area contributed by atoms with E-state index in [1.807, 2.05) is 0 Å². The van der Waals surface area contributed by atoms with Gasteiger partial charge in [0.2, 0.25) is 0 Å². The molecule has 0 fully saturated rings. The van der Waals surface area contributed by atoms with Crippen LogP contribution < -0.4 is 5.32 Å². The van der Waals surface area contributed by atoms with E-state index in [2.05, 4.69) is 31.3 Å². The Morgan fingerprint density at radius 2 is 2.35 bits per heavy atom. The summed E-state index contributed by atoms with van der Waals surface area (Å²) in [7, 11) is 1.70. The summed E-state index contributed by atoms with van der Waals surface area (Å²) in [6.07, 6.45) is 3.05. The summed E-state index contributed by atoms with van der Waals surface area (Å²) in [5.41, 5.74) is 1.03. The average molecular weight is 316 g/mol. The fourth-order valence-electron chi connectivity index (χ4n) is 1.28. The summed E-state index contributed by atoms with van der Waals surface area (Å²) in [6, 6.07) is 3.32. The molecule has 17 heavy (non-hydrogen) atoms. The van der Waals surface area contributed by atoms with Gasteiger partial charge in [-0.2, -0.15) is 5.10 Å². The highest BCUT2D eigenvalue weighted by Gasteiger charge is 2.10. The van der Waals surface area contributed by atoms with E-state index in [4.69, 9.17) is 11.6 Å². The van der Waals surface area contributed by atoms with Crippen LogP contribution in [0.4, 0.5) is 5.69 Å². The van der Waals surface area contributed by atoms with Gasteiger partial charge >= 0.3 is 0 Å². The maximum Gasteiger partial charge on any atom is 0.273 e. The van der Waals surface area contributed by atoms with Crippen molar-refractivity contribution >= 4 is 39.1 Å². The number of anilines is 1. The number of nitrogens with zero attached hydrogens (tertiary/aromatic N) is 3. The highest BCUT2D eigenvalue weighted by molar-refractivity contribution is 9.10. The van der Waals surface area contributed by atoms with Gasteiger partial charge in [-0.25, -0.2) is 4.98 Å². The minimum Gasteiger partial charge on any atom is -0.319 e. The number of rotatable bonds is 2. The standard InChI is InChI=1S/C10H8BrClN4O/c1-16-8(2-3-14-16)10(17)15-6-4-7(11)9(12)13-5-6/h2-5H,1H3,(H,15,17). The van der Waals surface area contributed by atoms with Crippen LogP contribution >= 0.6 is 27.5 Å². The predicted molar refractivity (Wildman–Crippen MR) is 68.1 cm³/mol. The molecular formula is C10H8BrClN4O. The molecule has 1 N–H and O–H groups in total. The van der Waals surface area contributed by atoms with E-state index >= 15 is 0 Å². The van der Waals surface area contributed by atoms with Gasteiger partial charge in [-0.15, -0.1) is 0 Å². The van der Waals surface area contributed by atoms with Crippen molar-refractivity contribution in [3.8, 4) is 0 Å². The van der Waals surface area contributed by atoms with Crippen LogP contribution in [0.1, 0.15) is 10.5 Å². The molecule has 2 aromatic heterocycles. The number of hydrogen-bond acceptors (Lipinski definition) is 3. The van der Waals surface area contributed by atoms with Crippen LogP contribution in [0.25, 0.3) is 0 Å². The van der Waals surface area contributed by atoms with Crippen LogP contribution in [0.3, 0.4) is 0 Å². The van der Waals surface area contributed by atoms with Gasteiger partial charge in [0.15, 0.2) is 0 Å². The largest absolute Gasteiger partial charge is 0.319 e. The second-order valence-corrected chi connectivity index (χ2v) is 4.50. The van der Waals surface area contributed by atoms with E-state index in [0.717, 1.165) is 0 Å². The van der Waals surface area contributed by atoms with Crippen molar-refractivity contribution in [2.24, 2.45) is 7.05 Å². The Bertz CT molecular complexity index is 569. The van der Waals surface area contributed by atoms with Crippen molar-refractivity contribution in [3.05, 3.63) is 39.8 Å². The van der Waals surface area contributed by atoms with Crippen LogP contribution in [0.15, 0.2) is 29.0 Å². The molecule has 0 saturated heterocycles. The van der Waals surface area contributed by atoms with Crippen LogP contribution in [0.5, 0.6) is 0 Å². The van der Waals surface area contributed by atoms with Crippen molar-refractivity contribution < 1.29 is 4.79 Å². The highest BCUT2D eigenvalue weighted by Crippen LogP contribution is 2.23. The molecule has 7 heteroatoms. The molecule has 2 rings (SSSR count). The Morgan fingerprint density at radius 3 is 2.94 bits per heavy atom. The van der Waals surface area contributed by atoms with Gasteiger partial charge in [-0.05, 0) is 28.1 Å². The van der Waals surface area contributed by atoms with Crippen LogP contribution in [0.2, 0.25) is 5.15 Å². The fourth-order valence-corrected chi connectivity index (χ4v) is 1.73. The molecule has 0 saturated carbocycles. The molecule has 88 valence electrons. The van der Waals surface area contributed by atoms with Crippen LogP contribution in [0, 0.1) is 0 Å². The number of carbonyl (C=O) groups excluding carboxylic acids is 1. The molecule has 0 bridgehead atoms. The Labute approximate surface area is 111 Å². The Kier molecular flexibility index (Phi) is 3.44. The topological polar surface area (TPSA) is 59.8 Å². The smallest absolute Gasteiger partial charge is 0.273 e. The number of amides is 1. The quantitative estimate of drug-likeness (QED) is 0.866. The average Bonchev–Trinajstić information content (AvgIpc) is 2.70. The van der Waals surface area contributed by atoms with Crippen LogP contribution in [-0.4, -0.2) is 20.7 Å². The molecule has 0 aliphatic rings. The van der Waals surface area contributed by atoms with E-state index in [1.54, 1.807) is 25.4 Å². The van der Waals surface area contributed by atoms with Crippen LogP contribution in [-0.2, 0) is 7.05 Å². The first-order valence-corrected chi connectivity index (χ1v) is 5.85. The Hall–Kier alpha value is -1.40. The Morgan fingerprint density at radius 1 is 1.59 bits per heavy atom. The lowest BCUT2D eigenvalue weighted by atomic mass is 10.3. The van der Waals surface area contributed by atoms with Gasteiger partial charge in [-0.1, -0.05) is 11.6 Å². The van der Waals surface area contributed by atoms with Crippen molar-refractivity contribution in [2.45, 2.75) is 0 Å². The third-order valence-corrected chi connectivity index (χ3v) is 3.24. The second-order valence-electron chi connectivity index (χ2n) is 3.29. The molecule has 0 aromatic carbocycles. The number of aromatic nitrogens is 3. The molecule has 0 radical (unpaired) electrons. The summed E-state index contributed by atoms with van der Waals surface area (Å²) in [6.45, 7) is 0. The molecule has 2 aromatic rings. The van der Waals surface area contributed by atoms with E-state index in [9.17, 15) is 4.79 Å². The SMILES string of the molecule is Cn1nccc1C(=O)Nc1cnc(Cl)c(Br)c1. The lowest BCUT2D eigenvalue weighted by molar-refractivity contribution is 0.101.